The maximum Gasteiger partial charge on any atom is 0.242 e. The predicted molar refractivity (Wildman–Crippen MR) is 104 cm³/mol. The van der Waals surface area contributed by atoms with Crippen molar-refractivity contribution >= 4 is 33.7 Å². The van der Waals surface area contributed by atoms with E-state index in [-0.39, 0.29) is 17.4 Å². The van der Waals surface area contributed by atoms with Gasteiger partial charge < -0.3 is 15.4 Å². The fraction of sp³-hybridized carbons (Fsp3) is 0.421. The van der Waals surface area contributed by atoms with Crippen molar-refractivity contribution in [1.29, 1.82) is 0 Å². The Morgan fingerprint density at radius 1 is 1.30 bits per heavy atom. The van der Waals surface area contributed by atoms with Crippen LogP contribution < -0.4 is 10.6 Å². The Kier molecular flexibility index (Phi) is 4.14. The van der Waals surface area contributed by atoms with Gasteiger partial charge in [0.25, 0.3) is 0 Å². The van der Waals surface area contributed by atoms with Crippen molar-refractivity contribution in [2.24, 2.45) is 5.41 Å². The molecule has 2 N–H and O–H groups in total. The summed E-state index contributed by atoms with van der Waals surface area (Å²) in [6.07, 6.45) is 7.84. The first-order valence-electron chi connectivity index (χ1n) is 9.11. The van der Waals surface area contributed by atoms with Gasteiger partial charge in [-0.25, -0.2) is 4.98 Å². The van der Waals surface area contributed by atoms with Crippen LogP contribution in [0.4, 0.5) is 5.82 Å². The van der Waals surface area contributed by atoms with Crippen molar-refractivity contribution in [3.8, 4) is 0 Å². The number of fused-ring (bicyclic) bond motifs is 4. The van der Waals surface area contributed by atoms with Crippen LogP contribution in [0.2, 0.25) is 0 Å². The third-order valence-electron chi connectivity index (χ3n) is 5.60. The molecule has 8 heteroatoms. The second-order valence-corrected chi connectivity index (χ2v) is 8.34. The molecule has 1 amide bonds. The molecular formula is C19H20BrN5O2. The average molecular weight is 430 g/mol. The lowest BCUT2D eigenvalue weighted by Gasteiger charge is -2.17. The molecule has 7 nitrogen and oxygen atoms in total. The summed E-state index contributed by atoms with van der Waals surface area (Å²) in [4.78, 5) is 17.3. The number of aromatic nitrogens is 3. The van der Waals surface area contributed by atoms with Gasteiger partial charge in [0.1, 0.15) is 10.4 Å². The van der Waals surface area contributed by atoms with Gasteiger partial charge in [-0.3, -0.25) is 9.48 Å². The van der Waals surface area contributed by atoms with E-state index in [9.17, 15) is 4.79 Å². The van der Waals surface area contributed by atoms with Gasteiger partial charge >= 0.3 is 0 Å². The molecule has 0 radical (unpaired) electrons. The maximum atomic E-state index is 12.8. The number of anilines is 1. The van der Waals surface area contributed by atoms with Gasteiger partial charge in [0.05, 0.1) is 24.9 Å². The SMILES string of the molecule is O=C1Nc2nc(Br)ccc2COC/C=C/c2ccn(n2)C[C@@]23C[C@@H]1N[C@@H]2C3. The molecule has 1 spiro atoms. The predicted octanol–water partition coefficient (Wildman–Crippen LogP) is 2.34. The third-order valence-corrected chi connectivity index (χ3v) is 6.05. The van der Waals surface area contributed by atoms with Crippen molar-refractivity contribution in [3.63, 3.8) is 0 Å². The van der Waals surface area contributed by atoms with E-state index in [1.165, 1.54) is 0 Å². The van der Waals surface area contributed by atoms with Gasteiger partial charge in [0.15, 0.2) is 0 Å². The summed E-state index contributed by atoms with van der Waals surface area (Å²) in [7, 11) is 0. The summed E-state index contributed by atoms with van der Waals surface area (Å²) < 4.78 is 8.40. The molecule has 2 fully saturated rings. The molecule has 5 rings (SSSR count). The van der Waals surface area contributed by atoms with E-state index in [4.69, 9.17) is 4.74 Å². The lowest BCUT2D eigenvalue weighted by molar-refractivity contribution is -0.118. The summed E-state index contributed by atoms with van der Waals surface area (Å²) in [5.74, 6) is 0.512. The van der Waals surface area contributed by atoms with Crippen LogP contribution in [0.25, 0.3) is 6.08 Å². The van der Waals surface area contributed by atoms with E-state index in [0.29, 0.717) is 29.7 Å². The Morgan fingerprint density at radius 2 is 2.22 bits per heavy atom. The lowest BCUT2D eigenvalue weighted by atomic mass is 9.99. The Labute approximate surface area is 165 Å². The standard InChI is InChI=1S/C19H20BrN5O2/c20-16-4-3-12-10-27-7-1-2-13-5-6-25(24-13)11-19-8-14(21-15(19)9-19)18(26)23-17(12)22-16/h1-6,14-15,21H,7-11H2,(H,22,23,26)/b2-1+/t14-,15+,19-/m0/s1. The van der Waals surface area contributed by atoms with Crippen molar-refractivity contribution in [1.82, 2.24) is 20.1 Å². The normalized spacial score (nSPS) is 30.9. The van der Waals surface area contributed by atoms with Crippen molar-refractivity contribution in [2.75, 3.05) is 11.9 Å². The molecule has 140 valence electrons. The lowest BCUT2D eigenvalue weighted by Crippen LogP contribution is -2.38. The number of rotatable bonds is 0. The molecule has 2 aromatic rings. The van der Waals surface area contributed by atoms with Crippen LogP contribution in [0.1, 0.15) is 24.1 Å². The minimum Gasteiger partial charge on any atom is -0.373 e. The van der Waals surface area contributed by atoms with E-state index in [0.717, 1.165) is 30.6 Å². The van der Waals surface area contributed by atoms with Crippen LogP contribution in [0, 0.1) is 5.41 Å². The number of carbonyl (C=O) groups excluding carboxylic acids is 1. The summed E-state index contributed by atoms with van der Waals surface area (Å²) in [6, 6.07) is 5.95. The summed E-state index contributed by atoms with van der Waals surface area (Å²) in [5.41, 5.74) is 1.91. The molecular weight excluding hydrogens is 410 g/mol. The van der Waals surface area contributed by atoms with E-state index < -0.39 is 0 Å². The Morgan fingerprint density at radius 3 is 3.15 bits per heavy atom. The number of halogens is 1. The highest BCUT2D eigenvalue weighted by molar-refractivity contribution is 9.10. The summed E-state index contributed by atoms with van der Waals surface area (Å²) in [5, 5.41) is 11.1. The van der Waals surface area contributed by atoms with Gasteiger partial charge in [-0.05, 0) is 47.0 Å². The molecule has 2 aromatic heterocycles. The summed E-state index contributed by atoms with van der Waals surface area (Å²) >= 11 is 3.38. The van der Waals surface area contributed by atoms with Crippen LogP contribution in [0.5, 0.6) is 0 Å². The number of ether oxygens (including phenoxy) is 1. The van der Waals surface area contributed by atoms with Gasteiger partial charge in [0.2, 0.25) is 5.91 Å². The first kappa shape index (κ1) is 17.1. The number of hydrogen-bond donors (Lipinski definition) is 2. The Hall–Kier alpha value is -2.03. The molecule has 4 bridgehead atoms. The largest absolute Gasteiger partial charge is 0.373 e. The molecule has 3 aliphatic rings. The average Bonchev–Trinajstić information content (AvgIpc) is 2.97. The molecule has 3 atom stereocenters. The molecule has 27 heavy (non-hydrogen) atoms. The van der Waals surface area contributed by atoms with E-state index >= 15 is 0 Å². The topological polar surface area (TPSA) is 81.1 Å². The molecule has 1 saturated heterocycles. The highest BCUT2D eigenvalue weighted by atomic mass is 79.9. The molecule has 1 saturated carbocycles. The smallest absolute Gasteiger partial charge is 0.242 e. The zero-order valence-electron chi connectivity index (χ0n) is 14.7. The Bertz CT molecular complexity index is 927. The number of nitrogens with zero attached hydrogens (tertiary/aromatic N) is 3. The zero-order chi connectivity index (χ0) is 18.4. The number of hydrogen-bond acceptors (Lipinski definition) is 5. The van der Waals surface area contributed by atoms with Crippen LogP contribution in [-0.2, 0) is 22.7 Å². The second-order valence-electron chi connectivity index (χ2n) is 7.53. The molecule has 0 aromatic carbocycles. The minimum atomic E-state index is -0.207. The monoisotopic (exact) mass is 429 g/mol. The van der Waals surface area contributed by atoms with Crippen molar-refractivity contribution in [2.45, 2.75) is 38.1 Å². The quantitative estimate of drug-likeness (QED) is 0.628. The maximum absolute atomic E-state index is 12.8. The van der Waals surface area contributed by atoms with Gasteiger partial charge in [-0.1, -0.05) is 12.1 Å². The van der Waals surface area contributed by atoms with Crippen LogP contribution in [0.3, 0.4) is 0 Å². The van der Waals surface area contributed by atoms with Crippen LogP contribution >= 0.6 is 15.9 Å². The molecule has 2 aliphatic heterocycles. The number of piperidine rings is 1. The Balaban J connectivity index is 1.44. The zero-order valence-corrected chi connectivity index (χ0v) is 16.3. The van der Waals surface area contributed by atoms with E-state index in [1.54, 1.807) is 0 Å². The molecule has 0 unspecified atom stereocenters. The van der Waals surface area contributed by atoms with Gasteiger partial charge in [0, 0.05) is 29.8 Å². The number of pyridine rings is 1. The van der Waals surface area contributed by atoms with Crippen LogP contribution in [-0.4, -0.2) is 39.4 Å². The first-order valence-corrected chi connectivity index (χ1v) is 9.91. The highest BCUT2D eigenvalue weighted by Gasteiger charge is 2.61. The first-order chi connectivity index (χ1) is 13.1. The fourth-order valence-electron chi connectivity index (χ4n) is 4.10. The van der Waals surface area contributed by atoms with Crippen LogP contribution in [0.15, 0.2) is 35.1 Å². The molecule has 1 aliphatic carbocycles. The third kappa shape index (κ3) is 3.33. The van der Waals surface area contributed by atoms with Crippen molar-refractivity contribution in [3.05, 3.63) is 46.3 Å². The second kappa shape index (κ2) is 6.54. The van der Waals surface area contributed by atoms with E-state index in [1.807, 2.05) is 41.2 Å². The number of amides is 1. The molecule has 4 heterocycles. The van der Waals surface area contributed by atoms with Crippen molar-refractivity contribution < 1.29 is 9.53 Å². The minimum absolute atomic E-state index is 0.0402. The van der Waals surface area contributed by atoms with Gasteiger partial charge in [-0.15, -0.1) is 0 Å². The fourth-order valence-corrected chi connectivity index (χ4v) is 4.41. The highest BCUT2D eigenvalue weighted by Crippen LogP contribution is 2.55. The summed E-state index contributed by atoms with van der Waals surface area (Å²) in [6.45, 7) is 1.67. The van der Waals surface area contributed by atoms with E-state index in [2.05, 4.69) is 36.6 Å². The number of carbonyl (C=O) groups is 1. The van der Waals surface area contributed by atoms with Gasteiger partial charge in [-0.2, -0.15) is 5.10 Å². The number of nitrogens with one attached hydrogen (secondary N) is 2.